The van der Waals surface area contributed by atoms with Crippen LogP contribution in [0, 0.1) is 0 Å². The lowest BCUT2D eigenvalue weighted by Gasteiger charge is -1.98. The average Bonchev–Trinajstić information content (AvgIpc) is 2.04. The van der Waals surface area contributed by atoms with E-state index in [0.29, 0.717) is 0 Å². The van der Waals surface area contributed by atoms with Gasteiger partial charge in [-0.3, -0.25) is 4.79 Å². The summed E-state index contributed by atoms with van der Waals surface area (Å²) < 4.78 is 8.52. The average molecular weight is 178 g/mol. The highest BCUT2D eigenvalue weighted by Crippen LogP contribution is 1.83. The first-order chi connectivity index (χ1) is 5.45. The number of hydrogen-bond acceptors (Lipinski definition) is 4. The van der Waals surface area contributed by atoms with Gasteiger partial charge in [-0.1, -0.05) is 0 Å². The Kier molecular flexibility index (Phi) is 8.99. The first-order valence-corrected chi connectivity index (χ1v) is 3.25. The molecule has 0 saturated heterocycles. The summed E-state index contributed by atoms with van der Waals surface area (Å²) in [6.45, 7) is 2.84. The zero-order chi connectivity index (χ0) is 10.1. The molecule has 0 rings (SSSR count). The second-order valence-electron chi connectivity index (χ2n) is 1.91. The molecule has 0 heterocycles. The van der Waals surface area contributed by atoms with E-state index in [1.165, 1.54) is 28.1 Å². The number of methoxy groups -OCH3 is 2. The summed E-state index contributed by atoms with van der Waals surface area (Å²) in [5, 5.41) is 8.06. The van der Waals surface area contributed by atoms with Crippen molar-refractivity contribution in [1.29, 1.82) is 0 Å². The second-order valence-corrected chi connectivity index (χ2v) is 1.91. The molecule has 0 saturated carbocycles. The number of carbonyl (C=O) groups is 2. The highest BCUT2D eigenvalue weighted by molar-refractivity contribution is 5.71. The van der Waals surface area contributed by atoms with Gasteiger partial charge in [-0.15, -0.1) is 0 Å². The number of carboxylic acids is 1. The van der Waals surface area contributed by atoms with Crippen molar-refractivity contribution in [1.82, 2.24) is 0 Å². The fraction of sp³-hybridized carbons (Fsp3) is 0.714. The Morgan fingerprint density at radius 3 is 1.67 bits per heavy atom. The van der Waals surface area contributed by atoms with E-state index in [-0.39, 0.29) is 5.97 Å². The molecule has 0 aliphatic heterocycles. The Bertz CT molecular complexity index is 143. The van der Waals surface area contributed by atoms with Crippen molar-refractivity contribution >= 4 is 11.9 Å². The zero-order valence-corrected chi connectivity index (χ0v) is 7.66. The Balaban J connectivity index is 0. The Morgan fingerprint density at radius 1 is 1.33 bits per heavy atom. The zero-order valence-electron chi connectivity index (χ0n) is 7.66. The van der Waals surface area contributed by atoms with Gasteiger partial charge in [0, 0.05) is 14.0 Å². The minimum atomic E-state index is -0.928. The lowest BCUT2D eigenvalue weighted by atomic mass is 10.4. The van der Waals surface area contributed by atoms with Gasteiger partial charge in [0.15, 0.2) is 6.10 Å². The highest BCUT2D eigenvalue weighted by atomic mass is 16.5. The Labute approximate surface area is 71.3 Å². The van der Waals surface area contributed by atoms with E-state index in [1.54, 1.807) is 0 Å². The van der Waals surface area contributed by atoms with Crippen LogP contribution >= 0.6 is 0 Å². The van der Waals surface area contributed by atoms with E-state index < -0.39 is 12.1 Å². The molecule has 0 bridgehead atoms. The van der Waals surface area contributed by atoms with E-state index in [9.17, 15) is 9.59 Å². The lowest BCUT2D eigenvalue weighted by molar-refractivity contribution is -0.147. The van der Waals surface area contributed by atoms with Gasteiger partial charge in [0.2, 0.25) is 0 Å². The topological polar surface area (TPSA) is 72.8 Å². The second kappa shape index (κ2) is 8.00. The minimum Gasteiger partial charge on any atom is -0.479 e. The minimum absolute atomic E-state index is 0.245. The van der Waals surface area contributed by atoms with Crippen LogP contribution in [0.4, 0.5) is 0 Å². The summed E-state index contributed by atoms with van der Waals surface area (Å²) in [5.41, 5.74) is 0. The third kappa shape index (κ3) is 11.7. The smallest absolute Gasteiger partial charge is 0.332 e. The molecule has 12 heavy (non-hydrogen) atoms. The summed E-state index contributed by atoms with van der Waals surface area (Å²) in [5.74, 6) is -1.17. The molecule has 1 N–H and O–H groups in total. The number of esters is 1. The van der Waals surface area contributed by atoms with Gasteiger partial charge in [0.05, 0.1) is 7.11 Å². The maximum atomic E-state index is 9.81. The van der Waals surface area contributed by atoms with Crippen LogP contribution in [0.2, 0.25) is 0 Å². The molecule has 1 atom stereocenters. The van der Waals surface area contributed by atoms with Crippen LogP contribution in [-0.2, 0) is 19.1 Å². The SMILES string of the molecule is COC(C)=O.COC(C)C(=O)O. The van der Waals surface area contributed by atoms with Crippen LogP contribution in [0.3, 0.4) is 0 Å². The van der Waals surface area contributed by atoms with Crippen LogP contribution in [0.1, 0.15) is 13.8 Å². The third-order valence-corrected chi connectivity index (χ3v) is 0.989. The number of carboxylic acid groups (broad SMARTS) is 1. The quantitative estimate of drug-likeness (QED) is 0.615. The maximum Gasteiger partial charge on any atom is 0.332 e. The molecule has 0 aromatic rings. The molecule has 0 radical (unpaired) electrons. The van der Waals surface area contributed by atoms with Crippen LogP contribution in [0.15, 0.2) is 0 Å². The first-order valence-electron chi connectivity index (χ1n) is 3.25. The number of hydrogen-bond donors (Lipinski definition) is 1. The van der Waals surface area contributed by atoms with Gasteiger partial charge >= 0.3 is 11.9 Å². The maximum absolute atomic E-state index is 9.81. The number of ether oxygens (including phenoxy) is 2. The molecule has 0 aromatic heterocycles. The monoisotopic (exact) mass is 178 g/mol. The van der Waals surface area contributed by atoms with Gasteiger partial charge in [-0.05, 0) is 6.92 Å². The largest absolute Gasteiger partial charge is 0.479 e. The van der Waals surface area contributed by atoms with Gasteiger partial charge in [-0.25, -0.2) is 4.79 Å². The van der Waals surface area contributed by atoms with E-state index in [4.69, 9.17) is 5.11 Å². The summed E-state index contributed by atoms with van der Waals surface area (Å²) in [6.07, 6.45) is -0.681. The van der Waals surface area contributed by atoms with Gasteiger partial charge in [0.1, 0.15) is 0 Å². The molecule has 0 fully saturated rings. The fourth-order valence-electron chi connectivity index (χ4n) is 0.101. The lowest BCUT2D eigenvalue weighted by Crippen LogP contribution is -2.17. The van der Waals surface area contributed by atoms with E-state index in [0.717, 1.165) is 0 Å². The van der Waals surface area contributed by atoms with E-state index in [1.807, 2.05) is 0 Å². The van der Waals surface area contributed by atoms with Crippen molar-refractivity contribution in [3.63, 3.8) is 0 Å². The summed E-state index contributed by atoms with van der Waals surface area (Å²) >= 11 is 0. The Hall–Kier alpha value is -1.10. The number of aliphatic carboxylic acids is 1. The normalized spacial score (nSPS) is 10.7. The van der Waals surface area contributed by atoms with Gasteiger partial charge < -0.3 is 14.6 Å². The van der Waals surface area contributed by atoms with Crippen LogP contribution in [0.25, 0.3) is 0 Å². The molecule has 5 heteroatoms. The molecule has 0 aromatic carbocycles. The van der Waals surface area contributed by atoms with Crippen molar-refractivity contribution in [2.45, 2.75) is 20.0 Å². The first kappa shape index (κ1) is 13.5. The standard InChI is InChI=1S/C4H8O3.C3H6O2/c1-3(7-2)4(5)6;1-3(4)5-2/h3H,1-2H3,(H,5,6);1-2H3. The summed E-state index contributed by atoms with van der Waals surface area (Å²) in [6, 6.07) is 0. The van der Waals surface area contributed by atoms with Crippen molar-refractivity contribution < 1.29 is 24.2 Å². The van der Waals surface area contributed by atoms with Crippen LogP contribution < -0.4 is 0 Å². The molecule has 0 spiro atoms. The third-order valence-electron chi connectivity index (χ3n) is 0.989. The number of carbonyl (C=O) groups excluding carboxylic acids is 1. The van der Waals surface area contributed by atoms with Crippen LogP contribution in [-0.4, -0.2) is 37.4 Å². The van der Waals surface area contributed by atoms with Gasteiger partial charge in [0.25, 0.3) is 0 Å². The van der Waals surface area contributed by atoms with E-state index in [2.05, 4.69) is 9.47 Å². The molecular formula is C7H14O5. The van der Waals surface area contributed by atoms with Crippen LogP contribution in [0.5, 0.6) is 0 Å². The highest BCUT2D eigenvalue weighted by Gasteiger charge is 2.06. The number of rotatable bonds is 2. The van der Waals surface area contributed by atoms with Crippen molar-refractivity contribution in [3.8, 4) is 0 Å². The molecule has 72 valence electrons. The summed E-state index contributed by atoms with van der Waals surface area (Å²) in [7, 11) is 2.71. The molecule has 5 nitrogen and oxygen atoms in total. The van der Waals surface area contributed by atoms with E-state index >= 15 is 0 Å². The van der Waals surface area contributed by atoms with Crippen molar-refractivity contribution in [2.75, 3.05) is 14.2 Å². The van der Waals surface area contributed by atoms with Gasteiger partial charge in [-0.2, -0.15) is 0 Å². The molecule has 0 aliphatic rings. The van der Waals surface area contributed by atoms with Crippen molar-refractivity contribution in [3.05, 3.63) is 0 Å². The Morgan fingerprint density at radius 2 is 1.67 bits per heavy atom. The predicted molar refractivity (Wildman–Crippen MR) is 41.8 cm³/mol. The molecule has 0 aliphatic carbocycles. The predicted octanol–water partition coefficient (Wildman–Crippen LogP) is 0.285. The molecule has 1 unspecified atom stereocenters. The summed E-state index contributed by atoms with van der Waals surface area (Å²) in [4.78, 5) is 19.4. The van der Waals surface area contributed by atoms with Crippen molar-refractivity contribution in [2.24, 2.45) is 0 Å². The molecule has 0 amide bonds. The fourth-order valence-corrected chi connectivity index (χ4v) is 0.101. The molecular weight excluding hydrogens is 164 g/mol.